The van der Waals surface area contributed by atoms with E-state index in [9.17, 15) is 19.5 Å². The van der Waals surface area contributed by atoms with Crippen molar-refractivity contribution in [2.75, 3.05) is 13.2 Å². The number of aliphatic carboxylic acids is 1. The van der Waals surface area contributed by atoms with Crippen molar-refractivity contribution in [2.45, 2.75) is 131 Å². The molecule has 6 heteroatoms. The van der Waals surface area contributed by atoms with E-state index in [4.69, 9.17) is 9.47 Å². The third-order valence-corrected chi connectivity index (χ3v) is 6.45. The number of carbonyl (C=O) groups excluding carboxylic acids is 2. The fraction of sp³-hybridized carbons (Fsp3) is 0.897. The molecule has 0 aliphatic rings. The Bertz CT molecular complexity index is 557. The molecule has 0 fully saturated rings. The SMILES string of the molecule is CC(C)CCCCCCCOC(=O)CCC(CC(C)C(=O)O)C(=O)OCCCCCCCC(C)C. The Hall–Kier alpha value is -1.59. The summed E-state index contributed by atoms with van der Waals surface area (Å²) in [6.07, 6.45) is 14.0. The minimum absolute atomic E-state index is 0.107. The molecule has 6 nitrogen and oxygen atoms in total. The van der Waals surface area contributed by atoms with Crippen LogP contribution < -0.4 is 0 Å². The van der Waals surface area contributed by atoms with Crippen molar-refractivity contribution in [3.05, 3.63) is 0 Å². The lowest BCUT2D eigenvalue weighted by atomic mass is 9.92. The fourth-order valence-corrected chi connectivity index (χ4v) is 4.07. The predicted molar refractivity (Wildman–Crippen MR) is 141 cm³/mol. The first kappa shape index (κ1) is 33.4. The number of hydrogen-bond acceptors (Lipinski definition) is 5. The van der Waals surface area contributed by atoms with E-state index >= 15 is 0 Å². The van der Waals surface area contributed by atoms with Crippen LogP contribution in [0.25, 0.3) is 0 Å². The Labute approximate surface area is 214 Å². The van der Waals surface area contributed by atoms with Crippen LogP contribution in [-0.4, -0.2) is 36.2 Å². The van der Waals surface area contributed by atoms with Gasteiger partial charge in [-0.2, -0.15) is 0 Å². The van der Waals surface area contributed by atoms with E-state index in [1.807, 2.05) is 0 Å². The predicted octanol–water partition coefficient (Wildman–Crippen LogP) is 7.57. The van der Waals surface area contributed by atoms with Crippen LogP contribution in [0.5, 0.6) is 0 Å². The maximum Gasteiger partial charge on any atom is 0.308 e. The quantitative estimate of drug-likeness (QED) is 0.115. The Morgan fingerprint density at radius 1 is 0.629 bits per heavy atom. The van der Waals surface area contributed by atoms with E-state index in [2.05, 4.69) is 27.7 Å². The molecule has 0 aromatic carbocycles. The lowest BCUT2D eigenvalue weighted by Gasteiger charge is -2.18. The lowest BCUT2D eigenvalue weighted by Crippen LogP contribution is -2.24. The fourth-order valence-electron chi connectivity index (χ4n) is 4.07. The molecule has 0 aliphatic carbocycles. The van der Waals surface area contributed by atoms with Gasteiger partial charge in [0.25, 0.3) is 0 Å². The average Bonchev–Trinajstić information content (AvgIpc) is 2.79. The molecule has 0 radical (unpaired) electrons. The first-order valence-electron chi connectivity index (χ1n) is 14.2. The summed E-state index contributed by atoms with van der Waals surface area (Å²) < 4.78 is 10.8. The smallest absolute Gasteiger partial charge is 0.308 e. The summed E-state index contributed by atoms with van der Waals surface area (Å²) in [6, 6.07) is 0. The topological polar surface area (TPSA) is 89.9 Å². The van der Waals surface area contributed by atoms with Crippen molar-refractivity contribution in [2.24, 2.45) is 23.7 Å². The van der Waals surface area contributed by atoms with Crippen molar-refractivity contribution in [3.8, 4) is 0 Å². The molecule has 0 heterocycles. The molecule has 0 saturated heterocycles. The summed E-state index contributed by atoms with van der Waals surface area (Å²) in [5.74, 6) is -1.44. The van der Waals surface area contributed by atoms with E-state index in [-0.39, 0.29) is 25.2 Å². The zero-order valence-corrected chi connectivity index (χ0v) is 23.3. The largest absolute Gasteiger partial charge is 0.481 e. The van der Waals surface area contributed by atoms with Gasteiger partial charge in [0, 0.05) is 6.42 Å². The first-order valence-corrected chi connectivity index (χ1v) is 14.2. The van der Waals surface area contributed by atoms with Gasteiger partial charge in [0.2, 0.25) is 0 Å². The van der Waals surface area contributed by atoms with Crippen LogP contribution in [-0.2, 0) is 23.9 Å². The standard InChI is InChI=1S/C29H54O6/c1-23(2)16-12-8-6-10-14-20-34-27(30)19-18-26(22-25(5)28(31)32)29(33)35-21-15-11-7-9-13-17-24(3)4/h23-26H,6-22H2,1-5H3,(H,31,32). The van der Waals surface area contributed by atoms with Crippen LogP contribution in [0.3, 0.4) is 0 Å². The van der Waals surface area contributed by atoms with Gasteiger partial charge in [-0.1, -0.05) is 98.8 Å². The van der Waals surface area contributed by atoms with Gasteiger partial charge >= 0.3 is 17.9 Å². The van der Waals surface area contributed by atoms with Gasteiger partial charge in [0.05, 0.1) is 25.0 Å². The van der Waals surface area contributed by atoms with Gasteiger partial charge in [-0.3, -0.25) is 14.4 Å². The summed E-state index contributed by atoms with van der Waals surface area (Å²) in [6.45, 7) is 11.3. The molecule has 0 bridgehead atoms. The molecule has 0 spiro atoms. The van der Waals surface area contributed by atoms with Crippen LogP contribution in [0.1, 0.15) is 131 Å². The second-order valence-electron chi connectivity index (χ2n) is 11.0. The van der Waals surface area contributed by atoms with Gasteiger partial charge in [-0.15, -0.1) is 0 Å². The Kier molecular flexibility index (Phi) is 20.7. The molecule has 0 aromatic rings. The normalized spacial score (nSPS) is 13.1. The third kappa shape index (κ3) is 21.4. The highest BCUT2D eigenvalue weighted by Gasteiger charge is 2.26. The average molecular weight is 499 g/mol. The summed E-state index contributed by atoms with van der Waals surface area (Å²) >= 11 is 0. The summed E-state index contributed by atoms with van der Waals surface area (Å²) in [7, 11) is 0. The molecule has 206 valence electrons. The number of hydrogen-bond donors (Lipinski definition) is 1. The molecule has 0 rings (SSSR count). The maximum absolute atomic E-state index is 12.6. The molecule has 0 aromatic heterocycles. The summed E-state index contributed by atoms with van der Waals surface area (Å²) in [4.78, 5) is 36.0. The third-order valence-electron chi connectivity index (χ3n) is 6.45. The number of ether oxygens (including phenoxy) is 2. The van der Waals surface area contributed by atoms with Crippen LogP contribution in [0.4, 0.5) is 0 Å². The lowest BCUT2D eigenvalue weighted by molar-refractivity contribution is -0.151. The van der Waals surface area contributed by atoms with Crippen LogP contribution >= 0.6 is 0 Å². The Morgan fingerprint density at radius 3 is 1.57 bits per heavy atom. The van der Waals surface area contributed by atoms with Crippen molar-refractivity contribution in [3.63, 3.8) is 0 Å². The molecule has 0 amide bonds. The van der Waals surface area contributed by atoms with Crippen molar-refractivity contribution < 1.29 is 29.0 Å². The number of rotatable bonds is 23. The molecular formula is C29H54O6. The first-order chi connectivity index (χ1) is 16.6. The van der Waals surface area contributed by atoms with E-state index in [1.165, 1.54) is 38.5 Å². The molecule has 2 unspecified atom stereocenters. The summed E-state index contributed by atoms with van der Waals surface area (Å²) in [5.41, 5.74) is 0. The maximum atomic E-state index is 12.6. The second-order valence-corrected chi connectivity index (χ2v) is 11.0. The number of carboxylic acids is 1. The second kappa shape index (κ2) is 21.7. The van der Waals surface area contributed by atoms with E-state index in [0.29, 0.717) is 13.2 Å². The van der Waals surface area contributed by atoms with Gasteiger partial charge in [-0.05, 0) is 37.5 Å². The number of carbonyl (C=O) groups is 3. The van der Waals surface area contributed by atoms with E-state index in [1.54, 1.807) is 6.92 Å². The van der Waals surface area contributed by atoms with Crippen molar-refractivity contribution in [1.29, 1.82) is 0 Å². The highest BCUT2D eigenvalue weighted by molar-refractivity contribution is 5.76. The number of esters is 2. The highest BCUT2D eigenvalue weighted by Crippen LogP contribution is 2.21. The van der Waals surface area contributed by atoms with Crippen LogP contribution in [0.2, 0.25) is 0 Å². The van der Waals surface area contributed by atoms with Crippen LogP contribution in [0.15, 0.2) is 0 Å². The number of carboxylic acid groups (broad SMARTS) is 1. The number of unbranched alkanes of at least 4 members (excludes halogenated alkanes) is 8. The van der Waals surface area contributed by atoms with E-state index < -0.39 is 23.8 Å². The molecule has 2 atom stereocenters. The monoisotopic (exact) mass is 498 g/mol. The molecule has 0 saturated carbocycles. The molecule has 0 aliphatic heterocycles. The van der Waals surface area contributed by atoms with Crippen molar-refractivity contribution in [1.82, 2.24) is 0 Å². The minimum atomic E-state index is -0.944. The highest BCUT2D eigenvalue weighted by atomic mass is 16.5. The van der Waals surface area contributed by atoms with Gasteiger partial charge in [0.1, 0.15) is 0 Å². The van der Waals surface area contributed by atoms with Gasteiger partial charge in [0.15, 0.2) is 0 Å². The zero-order valence-electron chi connectivity index (χ0n) is 23.3. The van der Waals surface area contributed by atoms with Gasteiger partial charge in [-0.25, -0.2) is 0 Å². The molecular weight excluding hydrogens is 444 g/mol. The van der Waals surface area contributed by atoms with Gasteiger partial charge < -0.3 is 14.6 Å². The molecule has 1 N–H and O–H groups in total. The van der Waals surface area contributed by atoms with Crippen molar-refractivity contribution >= 4 is 17.9 Å². The summed E-state index contributed by atoms with van der Waals surface area (Å²) in [5, 5.41) is 9.25. The minimum Gasteiger partial charge on any atom is -0.481 e. The molecule has 35 heavy (non-hydrogen) atoms. The Morgan fingerprint density at radius 2 is 1.09 bits per heavy atom. The zero-order chi connectivity index (χ0) is 26.5. The Balaban J connectivity index is 4.18. The van der Waals surface area contributed by atoms with E-state index in [0.717, 1.165) is 50.4 Å². The van der Waals surface area contributed by atoms with Crippen LogP contribution in [0, 0.1) is 23.7 Å².